The number of benzene rings is 1. The molecule has 11 heteroatoms. The van der Waals surface area contributed by atoms with E-state index in [1.54, 1.807) is 15.5 Å². The minimum Gasteiger partial charge on any atom is -0.356 e. The van der Waals surface area contributed by atoms with E-state index in [4.69, 9.17) is 21.7 Å². The van der Waals surface area contributed by atoms with Crippen molar-refractivity contribution in [1.82, 2.24) is 19.5 Å². The molecule has 1 aromatic carbocycles. The molecular weight excluding hydrogens is 500 g/mol. The summed E-state index contributed by atoms with van der Waals surface area (Å²) in [5, 5.41) is 5.17. The van der Waals surface area contributed by atoms with E-state index < -0.39 is 10.0 Å². The lowest BCUT2D eigenvalue weighted by Crippen LogP contribution is -2.46. The molecule has 1 amide bonds. The van der Waals surface area contributed by atoms with E-state index in [2.05, 4.69) is 23.5 Å². The van der Waals surface area contributed by atoms with Crippen molar-refractivity contribution in [3.63, 3.8) is 0 Å². The molecule has 4 heterocycles. The van der Waals surface area contributed by atoms with Gasteiger partial charge < -0.3 is 9.80 Å². The highest BCUT2D eigenvalue weighted by Gasteiger charge is 2.35. The predicted molar refractivity (Wildman–Crippen MR) is 141 cm³/mol. The summed E-state index contributed by atoms with van der Waals surface area (Å²) in [7, 11) is -3.58. The quantitative estimate of drug-likeness (QED) is 0.532. The van der Waals surface area contributed by atoms with Gasteiger partial charge in [-0.25, -0.2) is 17.9 Å². The summed E-state index contributed by atoms with van der Waals surface area (Å²) in [5.74, 6) is 1.66. The van der Waals surface area contributed by atoms with Gasteiger partial charge in [0.25, 0.3) is 5.91 Å². The lowest BCUT2D eigenvalue weighted by atomic mass is 9.91. The van der Waals surface area contributed by atoms with Crippen molar-refractivity contribution in [3.05, 3.63) is 52.3 Å². The number of amides is 1. The van der Waals surface area contributed by atoms with Gasteiger partial charge in [-0.3, -0.25) is 9.52 Å². The topological polar surface area (TPSA) is 99.9 Å². The summed E-state index contributed by atoms with van der Waals surface area (Å²) in [5.41, 5.74) is 3.02. The van der Waals surface area contributed by atoms with Crippen molar-refractivity contribution in [3.8, 4) is 0 Å². The highest BCUT2D eigenvalue weighted by atomic mass is 35.5. The average Bonchev–Trinajstić information content (AvgIpc) is 3.18. The predicted octanol–water partition coefficient (Wildman–Crippen LogP) is 4.13. The molecule has 192 valence electrons. The standard InChI is InChI=1S/C25H31ClN6O3S/c1-15-5-8-22(21-10-23-27-24(30-11-16(2)12-30)17(3)14-32(23)28-21)31(13-15)25(33)19-9-18(26)6-7-20(19)29-36(4,34)35/h6-7,9-10,14-16,22,29H,5,8,11-13H2,1-4H3/t15-,22-/m0/s1. The Balaban J connectivity index is 1.51. The molecule has 5 rings (SSSR count). The number of nitrogens with one attached hydrogen (secondary N) is 1. The fourth-order valence-corrected chi connectivity index (χ4v) is 5.95. The Labute approximate surface area is 216 Å². The molecule has 0 unspecified atom stereocenters. The number of hydrogen-bond donors (Lipinski definition) is 1. The average molecular weight is 531 g/mol. The number of nitrogens with zero attached hydrogens (tertiary/aromatic N) is 5. The number of carbonyl (C=O) groups excluding carboxylic acids is 1. The summed E-state index contributed by atoms with van der Waals surface area (Å²) in [6, 6.07) is 6.31. The number of halogens is 1. The van der Waals surface area contributed by atoms with Gasteiger partial charge in [0.2, 0.25) is 10.0 Å². The Kier molecular flexibility index (Phi) is 6.36. The van der Waals surface area contributed by atoms with Crippen molar-refractivity contribution >= 4 is 44.7 Å². The fourth-order valence-electron chi connectivity index (χ4n) is 5.20. The molecule has 3 aromatic rings. The maximum Gasteiger partial charge on any atom is 0.256 e. The van der Waals surface area contributed by atoms with E-state index in [1.807, 2.05) is 19.2 Å². The molecule has 0 spiro atoms. The number of fused-ring (bicyclic) bond motifs is 1. The molecule has 2 aromatic heterocycles. The van der Waals surface area contributed by atoms with E-state index in [-0.39, 0.29) is 23.2 Å². The maximum absolute atomic E-state index is 13.9. The van der Waals surface area contributed by atoms with Gasteiger partial charge >= 0.3 is 0 Å². The molecule has 1 N–H and O–H groups in total. The number of carbonyl (C=O) groups is 1. The summed E-state index contributed by atoms with van der Waals surface area (Å²) < 4.78 is 28.1. The van der Waals surface area contributed by atoms with Gasteiger partial charge in [0.15, 0.2) is 5.65 Å². The first-order valence-electron chi connectivity index (χ1n) is 12.2. The van der Waals surface area contributed by atoms with Crippen LogP contribution < -0.4 is 9.62 Å². The second-order valence-corrected chi connectivity index (χ2v) is 12.5. The normalized spacial score (nSPS) is 21.0. The second kappa shape index (κ2) is 9.23. The molecule has 2 saturated heterocycles. The van der Waals surface area contributed by atoms with Crippen molar-refractivity contribution in [1.29, 1.82) is 0 Å². The number of sulfonamides is 1. The molecule has 36 heavy (non-hydrogen) atoms. The number of aromatic nitrogens is 3. The Morgan fingerprint density at radius 3 is 2.56 bits per heavy atom. The van der Waals surface area contributed by atoms with Crippen molar-refractivity contribution in [2.45, 2.75) is 39.7 Å². The minimum absolute atomic E-state index is 0.213. The molecular formula is C25H31ClN6O3S. The van der Waals surface area contributed by atoms with Crippen molar-refractivity contribution in [2.24, 2.45) is 11.8 Å². The minimum atomic E-state index is -3.58. The van der Waals surface area contributed by atoms with Crippen LogP contribution in [0.3, 0.4) is 0 Å². The van der Waals surface area contributed by atoms with Gasteiger partial charge in [0, 0.05) is 42.5 Å². The number of likely N-dealkylation sites (tertiary alicyclic amines) is 1. The van der Waals surface area contributed by atoms with Crippen LogP contribution in [0.2, 0.25) is 5.02 Å². The van der Waals surface area contributed by atoms with Crippen molar-refractivity contribution < 1.29 is 13.2 Å². The smallest absolute Gasteiger partial charge is 0.256 e. The Bertz CT molecular complexity index is 1430. The first-order chi connectivity index (χ1) is 17.0. The third kappa shape index (κ3) is 4.88. The van der Waals surface area contributed by atoms with Crippen LogP contribution in [0.1, 0.15) is 54.3 Å². The monoisotopic (exact) mass is 530 g/mol. The highest BCUT2D eigenvalue weighted by molar-refractivity contribution is 7.92. The van der Waals surface area contributed by atoms with Crippen LogP contribution in [0.5, 0.6) is 0 Å². The van der Waals surface area contributed by atoms with Gasteiger partial charge in [-0.1, -0.05) is 25.4 Å². The number of anilines is 2. The number of hydrogen-bond acceptors (Lipinski definition) is 6. The largest absolute Gasteiger partial charge is 0.356 e. The molecule has 0 bridgehead atoms. The van der Waals surface area contributed by atoms with Crippen LogP contribution in [0.25, 0.3) is 5.65 Å². The van der Waals surface area contributed by atoms with Crippen LogP contribution >= 0.6 is 11.6 Å². The van der Waals surface area contributed by atoms with Crippen molar-refractivity contribution in [2.75, 3.05) is 35.5 Å². The number of piperidine rings is 1. The molecule has 2 aliphatic rings. The van der Waals surface area contributed by atoms with Crippen LogP contribution in [-0.2, 0) is 10.0 Å². The van der Waals surface area contributed by atoms with Gasteiger partial charge in [-0.2, -0.15) is 5.10 Å². The first-order valence-corrected chi connectivity index (χ1v) is 14.5. The van der Waals surface area contributed by atoms with E-state index in [1.165, 1.54) is 12.1 Å². The number of aryl methyl sites for hydroxylation is 1. The summed E-state index contributed by atoms with van der Waals surface area (Å²) in [4.78, 5) is 22.8. The highest BCUT2D eigenvalue weighted by Crippen LogP contribution is 2.36. The van der Waals surface area contributed by atoms with Gasteiger partial charge in [0.05, 0.1) is 29.2 Å². The molecule has 2 atom stereocenters. The third-order valence-corrected chi connectivity index (χ3v) is 7.74. The molecule has 0 radical (unpaired) electrons. The van der Waals surface area contributed by atoms with Gasteiger partial charge in [-0.15, -0.1) is 0 Å². The van der Waals surface area contributed by atoms with Gasteiger partial charge in [-0.05, 0) is 49.8 Å². The lowest BCUT2D eigenvalue weighted by Gasteiger charge is -2.38. The van der Waals surface area contributed by atoms with E-state index in [0.717, 1.165) is 54.9 Å². The lowest BCUT2D eigenvalue weighted by molar-refractivity contribution is 0.0538. The van der Waals surface area contributed by atoms with Gasteiger partial charge in [0.1, 0.15) is 5.82 Å². The Morgan fingerprint density at radius 2 is 1.86 bits per heavy atom. The fraction of sp³-hybridized carbons (Fsp3) is 0.480. The van der Waals surface area contributed by atoms with E-state index in [0.29, 0.717) is 23.4 Å². The zero-order valence-corrected chi connectivity index (χ0v) is 22.5. The zero-order chi connectivity index (χ0) is 25.8. The SMILES string of the molecule is Cc1cn2nc([C@@H]3CC[C@H](C)CN3C(=O)c3cc(Cl)ccc3NS(C)(=O)=O)cc2nc1N1CC(C)C1. The Morgan fingerprint density at radius 1 is 1.11 bits per heavy atom. The summed E-state index contributed by atoms with van der Waals surface area (Å²) in [6.07, 6.45) is 4.76. The first kappa shape index (κ1) is 24.8. The molecule has 2 aliphatic heterocycles. The molecule has 0 saturated carbocycles. The molecule has 2 fully saturated rings. The number of rotatable bonds is 5. The van der Waals surface area contributed by atoms with Crippen LogP contribution in [0.4, 0.5) is 11.5 Å². The Hall–Kier alpha value is -2.85. The summed E-state index contributed by atoms with van der Waals surface area (Å²) >= 11 is 6.21. The molecule has 9 nitrogen and oxygen atoms in total. The van der Waals surface area contributed by atoms with E-state index >= 15 is 0 Å². The zero-order valence-electron chi connectivity index (χ0n) is 20.9. The summed E-state index contributed by atoms with van der Waals surface area (Å²) in [6.45, 7) is 8.91. The third-order valence-electron chi connectivity index (χ3n) is 6.91. The van der Waals surface area contributed by atoms with Crippen LogP contribution in [-0.4, -0.2) is 59.7 Å². The van der Waals surface area contributed by atoms with Crippen LogP contribution in [0, 0.1) is 18.8 Å². The van der Waals surface area contributed by atoms with E-state index in [9.17, 15) is 13.2 Å². The van der Waals surface area contributed by atoms with Crippen LogP contribution in [0.15, 0.2) is 30.5 Å². The second-order valence-electron chi connectivity index (χ2n) is 10.3. The molecule has 0 aliphatic carbocycles. The maximum atomic E-state index is 13.9.